The van der Waals surface area contributed by atoms with E-state index in [0.29, 0.717) is 28.8 Å². The number of aromatic nitrogens is 2. The lowest BCUT2D eigenvalue weighted by Crippen LogP contribution is -2.12. The second-order valence-corrected chi connectivity index (χ2v) is 8.03. The van der Waals surface area contributed by atoms with Gasteiger partial charge in [-0.25, -0.2) is 0 Å². The van der Waals surface area contributed by atoms with Gasteiger partial charge < -0.3 is 14.5 Å². The summed E-state index contributed by atoms with van der Waals surface area (Å²) in [5, 5.41) is 8.19. The standard InChI is InChI=1S/C25H24ClN3O3/c1-16-6-4-5-7-19(16)14-29-18(3)24(17(2)28-29)27-25(30)23-13-12-22(32-23)15-31-21-10-8-20(26)9-11-21/h4-13H,14-15H2,1-3H3,(H,27,30). The summed E-state index contributed by atoms with van der Waals surface area (Å²) in [6.45, 7) is 6.75. The predicted octanol–water partition coefficient (Wildman–Crippen LogP) is 5.93. The first kappa shape index (κ1) is 21.7. The van der Waals surface area contributed by atoms with Crippen LogP contribution < -0.4 is 10.1 Å². The van der Waals surface area contributed by atoms with Crippen LogP contribution in [0.5, 0.6) is 5.75 Å². The number of benzene rings is 2. The SMILES string of the molecule is Cc1ccccc1Cn1nc(C)c(NC(=O)c2ccc(COc3ccc(Cl)cc3)o2)c1C. The second-order valence-electron chi connectivity index (χ2n) is 7.59. The summed E-state index contributed by atoms with van der Waals surface area (Å²) in [7, 11) is 0. The van der Waals surface area contributed by atoms with E-state index in [1.807, 2.05) is 30.7 Å². The fourth-order valence-corrected chi connectivity index (χ4v) is 3.54. The molecule has 0 fully saturated rings. The first-order valence-corrected chi connectivity index (χ1v) is 10.7. The van der Waals surface area contributed by atoms with Crippen LogP contribution in [0.4, 0.5) is 5.69 Å². The molecular formula is C25H24ClN3O3. The fourth-order valence-electron chi connectivity index (χ4n) is 3.42. The number of rotatable bonds is 7. The van der Waals surface area contributed by atoms with Gasteiger partial charge in [0.2, 0.25) is 0 Å². The fraction of sp³-hybridized carbons (Fsp3) is 0.200. The lowest BCUT2D eigenvalue weighted by Gasteiger charge is -2.08. The molecule has 0 atom stereocenters. The first-order valence-electron chi connectivity index (χ1n) is 10.3. The van der Waals surface area contributed by atoms with Crippen LogP contribution in [0.2, 0.25) is 5.02 Å². The Morgan fingerprint density at radius 3 is 2.56 bits per heavy atom. The molecule has 6 nitrogen and oxygen atoms in total. The Balaban J connectivity index is 1.42. The van der Waals surface area contributed by atoms with Crippen LogP contribution in [0.25, 0.3) is 0 Å². The van der Waals surface area contributed by atoms with Gasteiger partial charge in [0, 0.05) is 5.02 Å². The number of nitrogens with zero attached hydrogens (tertiary/aromatic N) is 2. The van der Waals surface area contributed by atoms with Crippen LogP contribution in [-0.4, -0.2) is 15.7 Å². The molecule has 0 aliphatic carbocycles. The maximum absolute atomic E-state index is 12.8. The van der Waals surface area contributed by atoms with E-state index in [0.717, 1.165) is 11.4 Å². The van der Waals surface area contributed by atoms with Gasteiger partial charge in [-0.05, 0) is 68.3 Å². The van der Waals surface area contributed by atoms with Gasteiger partial charge in [-0.2, -0.15) is 5.10 Å². The highest BCUT2D eigenvalue weighted by Gasteiger charge is 2.18. The topological polar surface area (TPSA) is 69.3 Å². The number of amides is 1. The van der Waals surface area contributed by atoms with E-state index < -0.39 is 0 Å². The third-order valence-corrected chi connectivity index (χ3v) is 5.53. The Kier molecular flexibility index (Phi) is 6.32. The summed E-state index contributed by atoms with van der Waals surface area (Å²) in [5.41, 5.74) is 4.72. The molecule has 2 aromatic carbocycles. The zero-order chi connectivity index (χ0) is 22.7. The van der Waals surface area contributed by atoms with Crippen LogP contribution in [-0.2, 0) is 13.2 Å². The minimum atomic E-state index is -0.329. The van der Waals surface area contributed by atoms with E-state index in [-0.39, 0.29) is 18.3 Å². The van der Waals surface area contributed by atoms with Crippen molar-refractivity contribution in [1.29, 1.82) is 0 Å². The molecule has 0 aliphatic heterocycles. The summed E-state index contributed by atoms with van der Waals surface area (Å²) in [4.78, 5) is 12.8. The van der Waals surface area contributed by atoms with Crippen molar-refractivity contribution in [3.05, 3.63) is 99.7 Å². The summed E-state index contributed by atoms with van der Waals surface area (Å²) >= 11 is 5.88. The van der Waals surface area contributed by atoms with Gasteiger partial charge in [0.15, 0.2) is 5.76 Å². The van der Waals surface area contributed by atoms with Gasteiger partial charge in [-0.3, -0.25) is 9.48 Å². The Hall–Kier alpha value is -3.51. The number of carbonyl (C=O) groups excluding carboxylic acids is 1. The van der Waals surface area contributed by atoms with Gasteiger partial charge >= 0.3 is 0 Å². The van der Waals surface area contributed by atoms with E-state index in [9.17, 15) is 4.79 Å². The van der Waals surface area contributed by atoms with E-state index >= 15 is 0 Å². The number of hydrogen-bond acceptors (Lipinski definition) is 4. The largest absolute Gasteiger partial charge is 0.486 e. The van der Waals surface area contributed by atoms with Gasteiger partial charge in [0.25, 0.3) is 5.91 Å². The third kappa shape index (κ3) is 4.86. The molecule has 0 spiro atoms. The number of furan rings is 1. The monoisotopic (exact) mass is 449 g/mol. The number of anilines is 1. The van der Waals surface area contributed by atoms with Crippen LogP contribution in [0, 0.1) is 20.8 Å². The zero-order valence-corrected chi connectivity index (χ0v) is 18.9. The van der Waals surface area contributed by atoms with Gasteiger partial charge in [-0.15, -0.1) is 0 Å². The summed E-state index contributed by atoms with van der Waals surface area (Å²) in [6, 6.07) is 18.6. The van der Waals surface area contributed by atoms with Crippen molar-refractivity contribution < 1.29 is 13.9 Å². The minimum absolute atomic E-state index is 0.210. The molecule has 0 radical (unpaired) electrons. The van der Waals surface area contributed by atoms with Crippen molar-refractivity contribution in [2.75, 3.05) is 5.32 Å². The van der Waals surface area contributed by atoms with Crippen LogP contribution in [0.1, 0.15) is 38.8 Å². The number of nitrogens with one attached hydrogen (secondary N) is 1. The number of carbonyl (C=O) groups is 1. The summed E-state index contributed by atoms with van der Waals surface area (Å²) in [6.07, 6.45) is 0. The molecule has 0 aliphatic rings. The lowest BCUT2D eigenvalue weighted by molar-refractivity contribution is 0.0992. The van der Waals surface area contributed by atoms with E-state index in [1.165, 1.54) is 11.1 Å². The molecule has 0 bridgehead atoms. The second kappa shape index (κ2) is 9.32. The maximum Gasteiger partial charge on any atom is 0.291 e. The average Bonchev–Trinajstić information content (AvgIpc) is 3.35. The third-order valence-electron chi connectivity index (χ3n) is 5.28. The van der Waals surface area contributed by atoms with Gasteiger partial charge in [0.1, 0.15) is 18.1 Å². The quantitative estimate of drug-likeness (QED) is 0.379. The molecule has 2 aromatic heterocycles. The number of ether oxygens (including phenoxy) is 1. The Morgan fingerprint density at radius 1 is 1.06 bits per heavy atom. The minimum Gasteiger partial charge on any atom is -0.486 e. The molecule has 7 heteroatoms. The van der Waals surface area contributed by atoms with E-state index in [4.69, 9.17) is 20.8 Å². The molecule has 2 heterocycles. The maximum atomic E-state index is 12.8. The van der Waals surface area contributed by atoms with E-state index in [1.54, 1.807) is 36.4 Å². The van der Waals surface area contributed by atoms with Crippen LogP contribution >= 0.6 is 11.6 Å². The Morgan fingerprint density at radius 2 is 1.81 bits per heavy atom. The van der Waals surface area contributed by atoms with E-state index in [2.05, 4.69) is 29.5 Å². The highest BCUT2D eigenvalue weighted by atomic mass is 35.5. The molecule has 0 unspecified atom stereocenters. The number of halogens is 1. The number of aryl methyl sites for hydroxylation is 2. The highest BCUT2D eigenvalue weighted by molar-refractivity contribution is 6.30. The molecular weight excluding hydrogens is 426 g/mol. The average molecular weight is 450 g/mol. The van der Waals surface area contributed by atoms with Crippen molar-refractivity contribution in [3.63, 3.8) is 0 Å². The van der Waals surface area contributed by atoms with Crippen molar-refractivity contribution in [2.45, 2.75) is 33.9 Å². The molecule has 1 amide bonds. The lowest BCUT2D eigenvalue weighted by atomic mass is 10.1. The normalized spacial score (nSPS) is 10.9. The Bertz CT molecular complexity index is 1240. The molecule has 1 N–H and O–H groups in total. The summed E-state index contributed by atoms with van der Waals surface area (Å²) in [5.74, 6) is 1.10. The molecule has 32 heavy (non-hydrogen) atoms. The van der Waals surface area contributed by atoms with Crippen molar-refractivity contribution in [2.24, 2.45) is 0 Å². The molecule has 4 aromatic rings. The van der Waals surface area contributed by atoms with Crippen molar-refractivity contribution >= 4 is 23.2 Å². The summed E-state index contributed by atoms with van der Waals surface area (Å²) < 4.78 is 13.2. The first-order chi connectivity index (χ1) is 15.4. The zero-order valence-electron chi connectivity index (χ0n) is 18.2. The Labute approximate surface area is 191 Å². The molecule has 164 valence electrons. The molecule has 0 saturated heterocycles. The van der Waals surface area contributed by atoms with Gasteiger partial charge in [-0.1, -0.05) is 35.9 Å². The highest BCUT2D eigenvalue weighted by Crippen LogP contribution is 2.23. The molecule has 0 saturated carbocycles. The smallest absolute Gasteiger partial charge is 0.291 e. The number of hydrogen-bond donors (Lipinski definition) is 1. The van der Waals surface area contributed by atoms with Crippen molar-refractivity contribution in [1.82, 2.24) is 9.78 Å². The van der Waals surface area contributed by atoms with Crippen LogP contribution in [0.3, 0.4) is 0 Å². The van der Waals surface area contributed by atoms with Crippen LogP contribution in [0.15, 0.2) is 65.1 Å². The molecule has 4 rings (SSSR count). The predicted molar refractivity (Wildman–Crippen MR) is 124 cm³/mol. The van der Waals surface area contributed by atoms with Gasteiger partial charge in [0.05, 0.1) is 23.6 Å². The van der Waals surface area contributed by atoms with Crippen molar-refractivity contribution in [3.8, 4) is 5.75 Å².